The number of aliphatic hydroxyl groups is 1. The highest BCUT2D eigenvalue weighted by molar-refractivity contribution is 5.69. The van der Waals surface area contributed by atoms with Gasteiger partial charge in [-0.1, -0.05) is 168 Å². The fourth-order valence-electron chi connectivity index (χ4n) is 7.94. The third-order valence-corrected chi connectivity index (χ3v) is 12.2. The predicted octanol–water partition coefficient (Wildman–Crippen LogP) is 14.8. The molecule has 0 amide bonds. The first-order chi connectivity index (χ1) is 31.4. The second-order valence-corrected chi connectivity index (χ2v) is 18.0. The molecule has 0 saturated carbocycles. The largest absolute Gasteiger partial charge is 0.483 e. The van der Waals surface area contributed by atoms with Gasteiger partial charge in [-0.2, -0.15) is 0 Å². The molecule has 0 aromatic rings. The van der Waals surface area contributed by atoms with E-state index >= 15 is 0 Å². The van der Waals surface area contributed by atoms with Crippen LogP contribution in [0.2, 0.25) is 0 Å². The van der Waals surface area contributed by atoms with Crippen LogP contribution < -0.4 is 0 Å². The maximum Gasteiger partial charge on any atom is 0.305 e. The van der Waals surface area contributed by atoms with Crippen LogP contribution in [0.25, 0.3) is 0 Å². The smallest absolute Gasteiger partial charge is 0.305 e. The van der Waals surface area contributed by atoms with Gasteiger partial charge in [0.15, 0.2) is 0 Å². The van der Waals surface area contributed by atoms with Gasteiger partial charge in [-0.05, 0) is 109 Å². The summed E-state index contributed by atoms with van der Waals surface area (Å²) in [6, 6.07) is 0. The van der Waals surface area contributed by atoms with Crippen molar-refractivity contribution in [1.82, 2.24) is 4.90 Å². The van der Waals surface area contributed by atoms with E-state index in [0.717, 1.165) is 58.3 Å². The second-order valence-electron chi connectivity index (χ2n) is 18.0. The van der Waals surface area contributed by atoms with E-state index in [1.165, 1.54) is 161 Å². The highest BCUT2D eigenvalue weighted by atomic mass is 16.6. The van der Waals surface area contributed by atoms with E-state index in [4.69, 9.17) is 28.8 Å². The van der Waals surface area contributed by atoms with Gasteiger partial charge in [0.2, 0.25) is 0 Å². The van der Waals surface area contributed by atoms with Gasteiger partial charge < -0.3 is 34.1 Å². The number of nitrogens with zero attached hydrogens (tertiary/aromatic N) is 1. The summed E-state index contributed by atoms with van der Waals surface area (Å²) < 4.78 is 23.2. The summed E-state index contributed by atoms with van der Waals surface area (Å²) in [7, 11) is 0. The molecule has 0 aromatic carbocycles. The van der Waals surface area contributed by atoms with E-state index in [1.54, 1.807) is 0 Å². The van der Waals surface area contributed by atoms with Crippen molar-refractivity contribution in [1.29, 1.82) is 0 Å². The third-order valence-electron chi connectivity index (χ3n) is 12.2. The average molecular weight is 910 g/mol. The molecule has 0 aliphatic heterocycles. The van der Waals surface area contributed by atoms with Crippen molar-refractivity contribution in [3.05, 3.63) is 24.3 Å². The molecular formula is C55H107NO8. The molecule has 0 radical (unpaired) electrons. The van der Waals surface area contributed by atoms with Crippen molar-refractivity contribution < 1.29 is 38.7 Å². The number of hydrogen-bond acceptors (Lipinski definition) is 8. The average Bonchev–Trinajstić information content (AvgIpc) is 3.29. The van der Waals surface area contributed by atoms with Gasteiger partial charge in [0.25, 0.3) is 6.47 Å². The summed E-state index contributed by atoms with van der Waals surface area (Å²) in [5.74, 6) is -0.123. The van der Waals surface area contributed by atoms with Crippen LogP contribution >= 0.6 is 0 Å². The second kappa shape index (κ2) is 55.5. The van der Waals surface area contributed by atoms with Gasteiger partial charge in [-0.15, -0.1) is 0 Å². The van der Waals surface area contributed by atoms with Crippen molar-refractivity contribution in [3.63, 3.8) is 0 Å². The number of esters is 1. The van der Waals surface area contributed by atoms with Crippen molar-refractivity contribution in [2.45, 2.75) is 252 Å². The number of hydrogen-bond donors (Lipinski definition) is 2. The first-order valence-corrected chi connectivity index (χ1v) is 27.1. The van der Waals surface area contributed by atoms with Gasteiger partial charge in [0.05, 0.1) is 18.8 Å². The minimum atomic E-state index is -0.790. The normalized spacial score (nSPS) is 12.6. The molecule has 0 rings (SSSR count). The van der Waals surface area contributed by atoms with Gasteiger partial charge >= 0.3 is 5.97 Å². The fourth-order valence-corrected chi connectivity index (χ4v) is 7.94. The van der Waals surface area contributed by atoms with Crippen molar-refractivity contribution in [2.24, 2.45) is 0 Å². The summed E-state index contributed by atoms with van der Waals surface area (Å²) >= 11 is 0. The van der Waals surface area contributed by atoms with E-state index in [-0.39, 0.29) is 12.4 Å². The summed E-state index contributed by atoms with van der Waals surface area (Å²) in [4.78, 5) is 22.9. The maximum absolute atomic E-state index is 12.2. The zero-order valence-electron chi connectivity index (χ0n) is 42.8. The Bertz CT molecular complexity index is 974. The molecule has 1 atom stereocenters. The van der Waals surface area contributed by atoms with Crippen LogP contribution in [0.1, 0.15) is 246 Å². The molecule has 64 heavy (non-hydrogen) atoms. The minimum Gasteiger partial charge on any atom is -0.483 e. The lowest BCUT2D eigenvalue weighted by Gasteiger charge is -2.28. The van der Waals surface area contributed by atoms with Crippen LogP contribution in [0.15, 0.2) is 24.3 Å². The van der Waals surface area contributed by atoms with Crippen molar-refractivity contribution in [3.8, 4) is 0 Å². The SMILES string of the molecule is CCCCCCCC/C=C\CCCCCCCCCOCCCC(O)(CCCOCCOC(=O)CCCCCCC/C=C\CCCCCCCC)CCOCCN(CC)CC.O=CO. The van der Waals surface area contributed by atoms with E-state index in [2.05, 4.69) is 56.9 Å². The summed E-state index contributed by atoms with van der Waals surface area (Å²) in [5, 5.41) is 18.5. The lowest BCUT2D eigenvalue weighted by atomic mass is 9.89. The molecule has 0 aliphatic carbocycles. The molecule has 0 fully saturated rings. The number of carbonyl (C=O) groups is 2. The molecule has 380 valence electrons. The van der Waals surface area contributed by atoms with E-state index < -0.39 is 5.60 Å². The molecule has 0 heterocycles. The van der Waals surface area contributed by atoms with Crippen LogP contribution in [-0.2, 0) is 28.5 Å². The third kappa shape index (κ3) is 52.8. The zero-order valence-corrected chi connectivity index (χ0v) is 42.8. The first kappa shape index (κ1) is 64.3. The Balaban J connectivity index is 0. The number of likely N-dealkylation sites (N-methyl/N-ethyl adjacent to an activating group) is 1. The Hall–Kier alpha value is -1.78. The summed E-state index contributed by atoms with van der Waals surface area (Å²) in [6.45, 7) is 15.6. The van der Waals surface area contributed by atoms with E-state index in [0.29, 0.717) is 65.3 Å². The molecule has 2 N–H and O–H groups in total. The van der Waals surface area contributed by atoms with Gasteiger partial charge in [0.1, 0.15) is 6.61 Å². The highest BCUT2D eigenvalue weighted by Gasteiger charge is 2.26. The Morgan fingerprint density at radius 3 is 1.28 bits per heavy atom. The molecule has 9 heteroatoms. The van der Waals surface area contributed by atoms with E-state index in [9.17, 15) is 9.90 Å². The number of allylic oxidation sites excluding steroid dienone is 4. The fraction of sp³-hybridized carbons (Fsp3) is 0.891. The molecule has 9 nitrogen and oxygen atoms in total. The van der Waals surface area contributed by atoms with Crippen LogP contribution in [-0.4, -0.2) is 99.0 Å². The van der Waals surface area contributed by atoms with Crippen LogP contribution in [0, 0.1) is 0 Å². The zero-order chi connectivity index (χ0) is 47.1. The van der Waals surface area contributed by atoms with Crippen LogP contribution in [0.4, 0.5) is 0 Å². The maximum atomic E-state index is 12.2. The van der Waals surface area contributed by atoms with Crippen molar-refractivity contribution >= 4 is 12.4 Å². The Morgan fingerprint density at radius 2 is 0.828 bits per heavy atom. The number of carbonyl (C=O) groups excluding carboxylic acids is 1. The lowest BCUT2D eigenvalue weighted by molar-refractivity contribution is -0.145. The van der Waals surface area contributed by atoms with Crippen LogP contribution in [0.5, 0.6) is 0 Å². The highest BCUT2D eigenvalue weighted by Crippen LogP contribution is 2.24. The van der Waals surface area contributed by atoms with Crippen LogP contribution in [0.3, 0.4) is 0 Å². The Labute approximate surface area is 396 Å². The molecular weight excluding hydrogens is 803 g/mol. The Kier molecular flexibility index (Phi) is 55.8. The standard InChI is InChI=1S/C54H105NO6.CH2O2/c1-5-9-11-13-15-17-19-21-23-24-26-28-30-32-34-36-38-46-58-47-39-42-54(57,44-49-60-50-45-55(7-3)8-4)43-40-48-59-51-52-61-53(56)41-37-35-33-31-29-27-25-22-20-18-16-14-12-10-6-2;2-1-3/h21-23,25,57H,5-20,24,26-52H2,1-4H3;1H,(H,2,3)/b23-21-,25-22-;. The molecule has 1 unspecified atom stereocenters. The van der Waals surface area contributed by atoms with Gasteiger partial charge in [-0.25, -0.2) is 0 Å². The number of unbranched alkanes of at least 4 members (excludes halogenated alkanes) is 24. The lowest BCUT2D eigenvalue weighted by Crippen LogP contribution is -2.32. The van der Waals surface area contributed by atoms with Crippen molar-refractivity contribution in [2.75, 3.05) is 65.9 Å². The topological polar surface area (TPSA) is 115 Å². The molecule has 0 bridgehead atoms. The molecule has 0 aliphatic rings. The Morgan fingerprint density at radius 1 is 0.453 bits per heavy atom. The number of rotatable bonds is 51. The molecule has 0 saturated heterocycles. The quantitative estimate of drug-likeness (QED) is 0.0266. The van der Waals surface area contributed by atoms with Gasteiger partial charge in [0, 0.05) is 39.4 Å². The first-order valence-electron chi connectivity index (χ1n) is 27.1. The summed E-state index contributed by atoms with van der Waals surface area (Å²) in [5.41, 5.74) is -0.790. The molecule has 0 spiro atoms. The minimum absolute atomic E-state index is 0.123. The molecule has 0 aromatic heterocycles. The predicted molar refractivity (Wildman–Crippen MR) is 271 cm³/mol. The van der Waals surface area contributed by atoms with Gasteiger partial charge in [-0.3, -0.25) is 9.59 Å². The summed E-state index contributed by atoms with van der Waals surface area (Å²) in [6.07, 6.45) is 49.7. The van der Waals surface area contributed by atoms with E-state index in [1.807, 2.05) is 0 Å². The number of ether oxygens (including phenoxy) is 4. The monoisotopic (exact) mass is 910 g/mol. The number of carboxylic acid groups (broad SMARTS) is 1.